The highest BCUT2D eigenvalue weighted by Crippen LogP contribution is 2.34. The number of rotatable bonds is 3. The number of amidine groups is 1. The first-order valence-corrected chi connectivity index (χ1v) is 11.4. The smallest absolute Gasteiger partial charge is 0.285 e. The fourth-order valence-electron chi connectivity index (χ4n) is 3.79. The van der Waals surface area contributed by atoms with Crippen LogP contribution in [0.25, 0.3) is 4.91 Å². The highest BCUT2D eigenvalue weighted by Gasteiger charge is 2.34. The number of benzene rings is 1. The zero-order chi connectivity index (χ0) is 20.5. The second kappa shape index (κ2) is 8.07. The van der Waals surface area contributed by atoms with Crippen molar-refractivity contribution < 1.29 is 13.2 Å². The van der Waals surface area contributed by atoms with Crippen LogP contribution in [0.4, 0.5) is 0 Å². The molecule has 0 unspecified atom stereocenters. The molecule has 2 aliphatic heterocycles. The van der Waals surface area contributed by atoms with Gasteiger partial charge in [0.1, 0.15) is 10.7 Å². The average molecular weight is 404 g/mol. The predicted octanol–water partition coefficient (Wildman–Crippen LogP) is 2.91. The van der Waals surface area contributed by atoms with E-state index in [2.05, 4.69) is 11.3 Å². The van der Waals surface area contributed by atoms with Crippen molar-refractivity contribution in [3.63, 3.8) is 0 Å². The zero-order valence-corrected chi connectivity index (χ0v) is 17.9. The Morgan fingerprint density at radius 2 is 1.79 bits per heavy atom. The highest BCUT2D eigenvalue weighted by molar-refractivity contribution is 8.00. The summed E-state index contributed by atoms with van der Waals surface area (Å²) >= 11 is 0. The second-order valence-electron chi connectivity index (χ2n) is 7.72. The molecule has 1 aromatic rings. The Labute approximate surface area is 168 Å². The van der Waals surface area contributed by atoms with Crippen molar-refractivity contribution in [1.82, 2.24) is 9.80 Å². The lowest BCUT2D eigenvalue weighted by Crippen LogP contribution is -2.39. The van der Waals surface area contributed by atoms with Crippen LogP contribution >= 0.6 is 0 Å². The maximum Gasteiger partial charge on any atom is 0.285 e. The van der Waals surface area contributed by atoms with Gasteiger partial charge in [0.15, 0.2) is 0 Å². The van der Waals surface area contributed by atoms with Crippen LogP contribution in [0.3, 0.4) is 0 Å². The minimum Gasteiger partial charge on any atom is -0.354 e. The molecule has 28 heavy (non-hydrogen) atoms. The first-order valence-electron chi connectivity index (χ1n) is 9.94. The van der Waals surface area contributed by atoms with E-state index < -0.39 is 10.0 Å². The maximum atomic E-state index is 12.8. The van der Waals surface area contributed by atoms with Gasteiger partial charge in [-0.05, 0) is 30.9 Å². The van der Waals surface area contributed by atoms with Crippen LogP contribution < -0.4 is 0 Å². The third kappa shape index (κ3) is 3.99. The van der Waals surface area contributed by atoms with Crippen molar-refractivity contribution in [2.75, 3.05) is 26.2 Å². The number of carbonyl (C=O) groups excluding carboxylic acids is 1. The predicted molar refractivity (Wildman–Crippen MR) is 112 cm³/mol. The quantitative estimate of drug-likeness (QED) is 0.778. The summed E-state index contributed by atoms with van der Waals surface area (Å²) in [7, 11) is -3.72. The van der Waals surface area contributed by atoms with Crippen molar-refractivity contribution in [2.24, 2.45) is 10.3 Å². The molecule has 0 saturated carbocycles. The molecule has 1 saturated heterocycles. The Balaban J connectivity index is 1.86. The third-order valence-electron chi connectivity index (χ3n) is 5.37. The molecule has 7 heteroatoms. The molecule has 152 valence electrons. The van der Waals surface area contributed by atoms with Gasteiger partial charge in [-0.15, -0.1) is 4.40 Å². The number of nitrogens with zero attached hydrogens (tertiary/aromatic N) is 3. The van der Waals surface area contributed by atoms with Gasteiger partial charge in [-0.25, -0.2) is 0 Å². The summed E-state index contributed by atoms with van der Waals surface area (Å²) in [6.45, 7) is 10.3. The fraction of sp³-hybridized carbons (Fsp3) is 0.524. The summed E-state index contributed by atoms with van der Waals surface area (Å²) in [5, 5.41) is 0. The SMILES string of the molecule is CCc1ccc(C2=C(C)C(N3CCCN(C(=O)C(C)C)CC3)=NS2(=O)=O)cc1. The van der Waals surface area contributed by atoms with Gasteiger partial charge in [-0.2, -0.15) is 8.42 Å². The van der Waals surface area contributed by atoms with Crippen LogP contribution in [-0.2, 0) is 21.2 Å². The highest BCUT2D eigenvalue weighted by atomic mass is 32.2. The van der Waals surface area contributed by atoms with Gasteiger partial charge in [-0.1, -0.05) is 45.0 Å². The van der Waals surface area contributed by atoms with E-state index in [0.717, 1.165) is 12.8 Å². The number of sulfonamides is 1. The monoisotopic (exact) mass is 403 g/mol. The van der Waals surface area contributed by atoms with E-state index in [4.69, 9.17) is 0 Å². The number of aryl methyl sites for hydroxylation is 1. The van der Waals surface area contributed by atoms with Gasteiger partial charge >= 0.3 is 0 Å². The van der Waals surface area contributed by atoms with Crippen molar-refractivity contribution in [3.05, 3.63) is 41.0 Å². The van der Waals surface area contributed by atoms with Crippen molar-refractivity contribution in [2.45, 2.75) is 40.5 Å². The second-order valence-corrected chi connectivity index (χ2v) is 9.26. The molecule has 0 radical (unpaired) electrons. The lowest BCUT2D eigenvalue weighted by atomic mass is 10.1. The summed E-state index contributed by atoms with van der Waals surface area (Å²) in [6.07, 6.45) is 1.71. The molecule has 0 aromatic heterocycles. The van der Waals surface area contributed by atoms with Crippen LogP contribution in [-0.4, -0.2) is 56.1 Å². The van der Waals surface area contributed by atoms with Gasteiger partial charge < -0.3 is 9.80 Å². The summed E-state index contributed by atoms with van der Waals surface area (Å²) in [5.74, 6) is 0.635. The van der Waals surface area contributed by atoms with Crippen LogP contribution in [0.5, 0.6) is 0 Å². The largest absolute Gasteiger partial charge is 0.354 e. The Hall–Kier alpha value is -2.15. The minimum atomic E-state index is -3.72. The molecule has 2 aliphatic rings. The normalized spacial score (nSPS) is 19.8. The zero-order valence-electron chi connectivity index (χ0n) is 17.1. The van der Waals surface area contributed by atoms with E-state index >= 15 is 0 Å². The average Bonchev–Trinajstić information content (AvgIpc) is 2.82. The van der Waals surface area contributed by atoms with Crippen LogP contribution in [0.15, 0.2) is 34.2 Å². The van der Waals surface area contributed by atoms with E-state index in [0.29, 0.717) is 48.1 Å². The topological polar surface area (TPSA) is 70.0 Å². The molecular weight excluding hydrogens is 374 g/mol. The molecule has 2 heterocycles. The molecule has 6 nitrogen and oxygen atoms in total. The molecule has 1 amide bonds. The molecule has 3 rings (SSSR count). The van der Waals surface area contributed by atoms with Gasteiger partial charge in [-0.3, -0.25) is 4.79 Å². The minimum absolute atomic E-state index is 0.0323. The van der Waals surface area contributed by atoms with Gasteiger partial charge in [0, 0.05) is 37.7 Å². The molecular formula is C21H29N3O3S. The fourth-order valence-corrected chi connectivity index (χ4v) is 5.27. The number of hydrogen-bond donors (Lipinski definition) is 0. The van der Waals surface area contributed by atoms with Gasteiger partial charge in [0.05, 0.1) is 0 Å². The Morgan fingerprint density at radius 1 is 1.11 bits per heavy atom. The molecule has 0 atom stereocenters. The van der Waals surface area contributed by atoms with Crippen molar-refractivity contribution in [1.29, 1.82) is 0 Å². The number of amides is 1. The van der Waals surface area contributed by atoms with E-state index in [-0.39, 0.29) is 11.8 Å². The van der Waals surface area contributed by atoms with Crippen molar-refractivity contribution in [3.8, 4) is 0 Å². The van der Waals surface area contributed by atoms with Gasteiger partial charge in [0.2, 0.25) is 5.91 Å². The summed E-state index contributed by atoms with van der Waals surface area (Å²) < 4.78 is 29.7. The molecule has 0 N–H and O–H groups in total. The summed E-state index contributed by atoms with van der Waals surface area (Å²) in [4.78, 5) is 16.5. The van der Waals surface area contributed by atoms with E-state index in [1.54, 1.807) is 0 Å². The molecule has 0 bridgehead atoms. The summed E-state index contributed by atoms with van der Waals surface area (Å²) in [5.41, 5.74) is 2.54. The van der Waals surface area contributed by atoms with Crippen molar-refractivity contribution >= 4 is 26.7 Å². The maximum absolute atomic E-state index is 12.8. The van der Waals surface area contributed by atoms with Crippen LogP contribution in [0, 0.1) is 5.92 Å². The van der Waals surface area contributed by atoms with Crippen LogP contribution in [0.1, 0.15) is 45.2 Å². The first kappa shape index (κ1) is 20.6. The molecule has 0 spiro atoms. The van der Waals surface area contributed by atoms with Gasteiger partial charge in [0.25, 0.3) is 10.0 Å². The molecule has 1 aromatic carbocycles. The Kier molecular flexibility index (Phi) is 5.93. The molecule has 1 fully saturated rings. The lowest BCUT2D eigenvalue weighted by molar-refractivity contribution is -0.134. The first-order chi connectivity index (χ1) is 13.2. The summed E-state index contributed by atoms with van der Waals surface area (Å²) in [6, 6.07) is 7.65. The van der Waals surface area contributed by atoms with E-state index in [9.17, 15) is 13.2 Å². The molecule has 0 aliphatic carbocycles. The Bertz CT molecular complexity index is 915. The standard InChI is InChI=1S/C21H29N3O3S/c1-5-17-7-9-18(10-8-17)19-16(4)20(22-28(19,26)27)23-11-6-12-24(14-13-23)21(25)15(2)3/h7-10,15H,5-6,11-14H2,1-4H3. The van der Waals surface area contributed by atoms with E-state index in [1.807, 2.05) is 54.8 Å². The lowest BCUT2D eigenvalue weighted by Gasteiger charge is -2.24. The van der Waals surface area contributed by atoms with E-state index in [1.165, 1.54) is 5.56 Å². The number of carbonyl (C=O) groups is 1. The Morgan fingerprint density at radius 3 is 2.39 bits per heavy atom. The van der Waals surface area contributed by atoms with Crippen LogP contribution in [0.2, 0.25) is 0 Å². The number of hydrogen-bond acceptors (Lipinski definition) is 4. The third-order valence-corrected chi connectivity index (χ3v) is 6.84.